The number of carbonyl (C=O) groups is 2. The number of hydrogen-bond acceptors (Lipinski definition) is 3. The van der Waals surface area contributed by atoms with Gasteiger partial charge in [-0.2, -0.15) is 0 Å². The molecule has 1 heterocycles. The SMILES string of the molecule is O=C(NCC1CCC(C(=O)O)O1)C1CCC1. The van der Waals surface area contributed by atoms with Crippen molar-refractivity contribution in [2.24, 2.45) is 5.92 Å². The van der Waals surface area contributed by atoms with Gasteiger partial charge in [-0.25, -0.2) is 4.79 Å². The number of nitrogens with one attached hydrogen (secondary N) is 1. The summed E-state index contributed by atoms with van der Waals surface area (Å²) in [4.78, 5) is 22.2. The van der Waals surface area contributed by atoms with E-state index < -0.39 is 12.1 Å². The number of carbonyl (C=O) groups excluding carboxylic acids is 1. The van der Waals surface area contributed by atoms with Gasteiger partial charge in [0.05, 0.1) is 6.10 Å². The number of ether oxygens (including phenoxy) is 1. The van der Waals surface area contributed by atoms with Crippen molar-refractivity contribution < 1.29 is 19.4 Å². The first kappa shape index (κ1) is 11.4. The summed E-state index contributed by atoms with van der Waals surface area (Å²) in [6.45, 7) is 0.444. The molecule has 0 aromatic carbocycles. The van der Waals surface area contributed by atoms with E-state index in [9.17, 15) is 9.59 Å². The highest BCUT2D eigenvalue weighted by atomic mass is 16.5. The zero-order chi connectivity index (χ0) is 11.5. The normalized spacial score (nSPS) is 29.8. The largest absolute Gasteiger partial charge is 0.479 e. The van der Waals surface area contributed by atoms with Crippen LogP contribution in [0.15, 0.2) is 0 Å². The molecule has 2 rings (SSSR count). The molecule has 1 aliphatic heterocycles. The molecule has 0 aromatic rings. The highest BCUT2D eigenvalue weighted by Crippen LogP contribution is 2.26. The first-order chi connectivity index (χ1) is 7.66. The predicted octanol–water partition coefficient (Wildman–Crippen LogP) is 0.535. The van der Waals surface area contributed by atoms with Gasteiger partial charge in [0.15, 0.2) is 6.10 Å². The van der Waals surface area contributed by atoms with Crippen molar-refractivity contribution in [1.29, 1.82) is 0 Å². The average Bonchev–Trinajstić information content (AvgIpc) is 2.60. The van der Waals surface area contributed by atoms with Crippen molar-refractivity contribution in [2.45, 2.75) is 44.3 Å². The topological polar surface area (TPSA) is 75.6 Å². The molecule has 2 N–H and O–H groups in total. The average molecular weight is 227 g/mol. The second kappa shape index (κ2) is 4.82. The van der Waals surface area contributed by atoms with Crippen molar-refractivity contribution in [3.05, 3.63) is 0 Å². The number of amides is 1. The van der Waals surface area contributed by atoms with Gasteiger partial charge >= 0.3 is 5.97 Å². The van der Waals surface area contributed by atoms with E-state index in [4.69, 9.17) is 9.84 Å². The molecule has 0 bridgehead atoms. The lowest BCUT2D eigenvalue weighted by atomic mass is 9.85. The molecular formula is C11H17NO4. The Morgan fingerprint density at radius 1 is 1.25 bits per heavy atom. The van der Waals surface area contributed by atoms with E-state index in [2.05, 4.69) is 5.32 Å². The van der Waals surface area contributed by atoms with Crippen LogP contribution < -0.4 is 5.32 Å². The highest BCUT2D eigenvalue weighted by molar-refractivity contribution is 5.79. The van der Waals surface area contributed by atoms with Gasteiger partial charge in [-0.1, -0.05) is 6.42 Å². The Hall–Kier alpha value is -1.10. The molecule has 5 heteroatoms. The minimum absolute atomic E-state index is 0.0913. The Balaban J connectivity index is 1.67. The molecule has 0 spiro atoms. The van der Waals surface area contributed by atoms with E-state index in [1.165, 1.54) is 0 Å². The summed E-state index contributed by atoms with van der Waals surface area (Å²) in [5.41, 5.74) is 0. The molecular weight excluding hydrogens is 210 g/mol. The number of aliphatic carboxylic acids is 1. The van der Waals surface area contributed by atoms with E-state index in [0.29, 0.717) is 19.4 Å². The molecule has 1 saturated heterocycles. The van der Waals surface area contributed by atoms with Crippen molar-refractivity contribution >= 4 is 11.9 Å². The molecule has 0 radical (unpaired) electrons. The third kappa shape index (κ3) is 2.52. The molecule has 1 aliphatic carbocycles. The van der Waals surface area contributed by atoms with Crippen LogP contribution in [0, 0.1) is 5.92 Å². The minimum atomic E-state index is -0.909. The summed E-state index contributed by atoms with van der Waals surface area (Å²) in [7, 11) is 0. The van der Waals surface area contributed by atoms with Crippen LogP contribution in [-0.4, -0.2) is 35.7 Å². The first-order valence-corrected chi connectivity index (χ1v) is 5.83. The summed E-state index contributed by atoms with van der Waals surface area (Å²) in [6, 6.07) is 0. The van der Waals surface area contributed by atoms with E-state index >= 15 is 0 Å². The van der Waals surface area contributed by atoms with Crippen LogP contribution in [0.2, 0.25) is 0 Å². The van der Waals surface area contributed by atoms with Crippen LogP contribution in [0.3, 0.4) is 0 Å². The van der Waals surface area contributed by atoms with Crippen molar-refractivity contribution in [3.63, 3.8) is 0 Å². The van der Waals surface area contributed by atoms with E-state index in [1.807, 2.05) is 0 Å². The van der Waals surface area contributed by atoms with Crippen LogP contribution in [0.4, 0.5) is 0 Å². The summed E-state index contributed by atoms with van der Waals surface area (Å²) >= 11 is 0. The van der Waals surface area contributed by atoms with Crippen molar-refractivity contribution in [2.75, 3.05) is 6.54 Å². The first-order valence-electron chi connectivity index (χ1n) is 5.83. The van der Waals surface area contributed by atoms with Gasteiger partial charge in [0.2, 0.25) is 5.91 Å². The highest BCUT2D eigenvalue weighted by Gasteiger charge is 2.31. The number of rotatable bonds is 4. The van der Waals surface area contributed by atoms with E-state index in [1.54, 1.807) is 0 Å². The van der Waals surface area contributed by atoms with Gasteiger partial charge in [0.1, 0.15) is 0 Å². The quantitative estimate of drug-likeness (QED) is 0.734. The van der Waals surface area contributed by atoms with Gasteiger partial charge in [0, 0.05) is 12.5 Å². The summed E-state index contributed by atoms with van der Waals surface area (Å²) < 4.78 is 5.29. The lowest BCUT2D eigenvalue weighted by Crippen LogP contribution is -2.39. The van der Waals surface area contributed by atoms with Gasteiger partial charge in [0.25, 0.3) is 0 Å². The van der Waals surface area contributed by atoms with E-state index in [-0.39, 0.29) is 17.9 Å². The number of hydrogen-bond donors (Lipinski definition) is 2. The van der Waals surface area contributed by atoms with Crippen LogP contribution in [0.1, 0.15) is 32.1 Å². The Labute approximate surface area is 94.2 Å². The maximum atomic E-state index is 11.5. The Kier molecular flexibility index (Phi) is 3.43. The molecule has 0 aromatic heterocycles. The lowest BCUT2D eigenvalue weighted by molar-refractivity contribution is -0.149. The van der Waals surface area contributed by atoms with Crippen LogP contribution in [0.25, 0.3) is 0 Å². The molecule has 1 saturated carbocycles. The number of carboxylic acid groups (broad SMARTS) is 1. The second-order valence-electron chi connectivity index (χ2n) is 4.54. The third-order valence-corrected chi connectivity index (χ3v) is 3.36. The molecule has 2 aliphatic rings. The maximum Gasteiger partial charge on any atom is 0.332 e. The second-order valence-corrected chi connectivity index (χ2v) is 4.54. The molecule has 1 amide bonds. The summed E-state index contributed by atoms with van der Waals surface area (Å²) in [5, 5.41) is 11.6. The van der Waals surface area contributed by atoms with Crippen LogP contribution in [0.5, 0.6) is 0 Å². The van der Waals surface area contributed by atoms with Crippen LogP contribution >= 0.6 is 0 Å². The third-order valence-electron chi connectivity index (χ3n) is 3.36. The standard InChI is InChI=1S/C11H17NO4/c13-10(7-2-1-3-7)12-6-8-4-5-9(16-8)11(14)15/h7-9H,1-6H2,(H,12,13)(H,14,15). The molecule has 2 atom stereocenters. The molecule has 2 unspecified atom stereocenters. The fourth-order valence-corrected chi connectivity index (χ4v) is 2.07. The lowest BCUT2D eigenvalue weighted by Gasteiger charge is -2.24. The molecule has 5 nitrogen and oxygen atoms in total. The number of carboxylic acids is 1. The van der Waals surface area contributed by atoms with Gasteiger partial charge in [-0.15, -0.1) is 0 Å². The monoisotopic (exact) mass is 227 g/mol. The molecule has 90 valence electrons. The Morgan fingerprint density at radius 2 is 2.00 bits per heavy atom. The van der Waals surface area contributed by atoms with Gasteiger partial charge in [-0.3, -0.25) is 4.79 Å². The van der Waals surface area contributed by atoms with Crippen molar-refractivity contribution in [3.8, 4) is 0 Å². The van der Waals surface area contributed by atoms with Gasteiger partial charge < -0.3 is 15.2 Å². The van der Waals surface area contributed by atoms with E-state index in [0.717, 1.165) is 19.3 Å². The Morgan fingerprint density at radius 3 is 2.50 bits per heavy atom. The molecule has 2 fully saturated rings. The van der Waals surface area contributed by atoms with Crippen molar-refractivity contribution in [1.82, 2.24) is 5.32 Å². The zero-order valence-electron chi connectivity index (χ0n) is 9.15. The predicted molar refractivity (Wildman–Crippen MR) is 55.9 cm³/mol. The fourth-order valence-electron chi connectivity index (χ4n) is 2.07. The molecule has 16 heavy (non-hydrogen) atoms. The minimum Gasteiger partial charge on any atom is -0.479 e. The Bertz CT molecular complexity index is 288. The van der Waals surface area contributed by atoms with Gasteiger partial charge in [-0.05, 0) is 25.7 Å². The smallest absolute Gasteiger partial charge is 0.332 e. The fraction of sp³-hybridized carbons (Fsp3) is 0.818. The summed E-state index contributed by atoms with van der Waals surface area (Å²) in [5.74, 6) is -0.641. The summed E-state index contributed by atoms with van der Waals surface area (Å²) in [6.07, 6.45) is 3.53. The van der Waals surface area contributed by atoms with Crippen LogP contribution in [-0.2, 0) is 14.3 Å². The maximum absolute atomic E-state index is 11.5. The zero-order valence-corrected chi connectivity index (χ0v) is 9.15.